The highest BCUT2D eigenvalue weighted by Gasteiger charge is 2.44. The molecule has 1 atom stereocenters. The van der Waals surface area contributed by atoms with Crippen LogP contribution in [0.15, 0.2) is 24.3 Å². The van der Waals surface area contributed by atoms with Crippen molar-refractivity contribution in [3.05, 3.63) is 41.2 Å². The molecule has 2 aliphatic rings. The molecular formula is C26H33F3N4O5. The molecule has 0 radical (unpaired) electrons. The number of fused-ring (bicyclic) bond motifs is 1. The summed E-state index contributed by atoms with van der Waals surface area (Å²) >= 11 is 0. The predicted molar refractivity (Wildman–Crippen MR) is 131 cm³/mol. The fourth-order valence-corrected chi connectivity index (χ4v) is 5.39. The van der Waals surface area contributed by atoms with Crippen LogP contribution in [0.3, 0.4) is 0 Å². The second-order valence-electron chi connectivity index (χ2n) is 9.77. The van der Waals surface area contributed by atoms with Crippen LogP contribution in [0.4, 0.5) is 13.2 Å². The molecule has 1 aromatic heterocycles. The Labute approximate surface area is 218 Å². The van der Waals surface area contributed by atoms with E-state index < -0.39 is 29.6 Å². The number of carbonyl (C=O) groups excluding carboxylic acids is 2. The minimum atomic E-state index is -4.65. The number of benzene rings is 1. The van der Waals surface area contributed by atoms with Crippen molar-refractivity contribution in [1.29, 1.82) is 0 Å². The minimum absolute atomic E-state index is 0.0129. The summed E-state index contributed by atoms with van der Waals surface area (Å²) in [6.07, 6.45) is -1.86. The van der Waals surface area contributed by atoms with Crippen LogP contribution < -0.4 is 10.1 Å². The van der Waals surface area contributed by atoms with Crippen molar-refractivity contribution in [2.24, 2.45) is 0 Å². The van der Waals surface area contributed by atoms with E-state index in [1.54, 1.807) is 29.2 Å². The van der Waals surface area contributed by atoms with E-state index in [1.807, 2.05) is 0 Å². The zero-order valence-electron chi connectivity index (χ0n) is 21.5. The zero-order chi connectivity index (χ0) is 27.5. The molecule has 4 rings (SSSR count). The number of halogens is 3. The molecule has 0 spiro atoms. The lowest BCUT2D eigenvalue weighted by molar-refractivity contribution is -0.150. The standard InChI is InChI=1S/C26H33F3N4O5/c1-37-18-10-8-17(9-11-18)33-21-19(22(31-33)26(27,28)29)12-16-32(23(21)35)15-6-3-7-20(34)30-25(24(36)38-2)13-4-5-14-25/h8-11,23,35H,3-7,12-16H2,1-2H3,(H,30,34). The second kappa shape index (κ2) is 11.3. The van der Waals surface area contributed by atoms with E-state index >= 15 is 0 Å². The van der Waals surface area contributed by atoms with Gasteiger partial charge in [-0.2, -0.15) is 18.3 Å². The van der Waals surface area contributed by atoms with Crippen molar-refractivity contribution >= 4 is 11.9 Å². The fraction of sp³-hybridized carbons (Fsp3) is 0.577. The molecule has 1 fully saturated rings. The molecule has 208 valence electrons. The first-order valence-corrected chi connectivity index (χ1v) is 12.7. The van der Waals surface area contributed by atoms with Crippen molar-refractivity contribution in [3.8, 4) is 11.4 Å². The number of aliphatic hydroxyl groups is 1. The van der Waals surface area contributed by atoms with Gasteiger partial charge in [0, 0.05) is 25.1 Å². The Kier molecular flexibility index (Phi) is 8.31. The van der Waals surface area contributed by atoms with E-state index in [0.29, 0.717) is 43.7 Å². The van der Waals surface area contributed by atoms with Crippen LogP contribution >= 0.6 is 0 Å². The SMILES string of the molecule is COC(=O)C1(NC(=O)CCCCN2CCc3c(C(F)(F)F)nn(-c4ccc(OC)cc4)c3C2O)CCCC1. The number of carbonyl (C=O) groups is 2. The van der Waals surface area contributed by atoms with Crippen molar-refractivity contribution in [3.63, 3.8) is 0 Å². The average Bonchev–Trinajstić information content (AvgIpc) is 3.53. The molecule has 1 unspecified atom stereocenters. The van der Waals surface area contributed by atoms with Gasteiger partial charge >= 0.3 is 12.1 Å². The summed E-state index contributed by atoms with van der Waals surface area (Å²) in [5.41, 5.74) is -1.50. The smallest absolute Gasteiger partial charge is 0.435 e. The molecule has 2 N–H and O–H groups in total. The normalized spacial score (nSPS) is 19.2. The third-order valence-electron chi connectivity index (χ3n) is 7.36. The van der Waals surface area contributed by atoms with Crippen molar-refractivity contribution < 1.29 is 37.3 Å². The van der Waals surface area contributed by atoms with E-state index in [4.69, 9.17) is 9.47 Å². The number of unbranched alkanes of at least 4 members (excludes halogenated alkanes) is 1. The maximum absolute atomic E-state index is 13.8. The van der Waals surface area contributed by atoms with Crippen molar-refractivity contribution in [2.45, 2.75) is 69.3 Å². The summed E-state index contributed by atoms with van der Waals surface area (Å²) in [4.78, 5) is 26.4. The summed E-state index contributed by atoms with van der Waals surface area (Å²) in [7, 11) is 2.80. The number of amides is 1. The average molecular weight is 539 g/mol. The third kappa shape index (κ3) is 5.65. The predicted octanol–water partition coefficient (Wildman–Crippen LogP) is 3.52. The monoisotopic (exact) mass is 538 g/mol. The van der Waals surface area contributed by atoms with E-state index in [0.717, 1.165) is 17.5 Å². The number of aromatic nitrogens is 2. The Hall–Kier alpha value is -3.12. The summed E-state index contributed by atoms with van der Waals surface area (Å²) in [5.74, 6) is -0.129. The van der Waals surface area contributed by atoms with Crippen LogP contribution in [-0.4, -0.2) is 64.5 Å². The molecule has 12 heteroatoms. The number of nitrogens with one attached hydrogen (secondary N) is 1. The maximum Gasteiger partial charge on any atom is 0.435 e. The number of esters is 1. The number of ether oxygens (including phenoxy) is 2. The molecule has 1 amide bonds. The second-order valence-corrected chi connectivity index (χ2v) is 9.77. The van der Waals surface area contributed by atoms with Gasteiger partial charge in [0.25, 0.3) is 0 Å². The number of alkyl halides is 3. The zero-order valence-corrected chi connectivity index (χ0v) is 21.5. The van der Waals surface area contributed by atoms with Crippen LogP contribution in [0.5, 0.6) is 5.75 Å². The first kappa shape index (κ1) is 27.9. The number of hydrogen-bond acceptors (Lipinski definition) is 7. The molecule has 1 aliphatic carbocycles. The van der Waals surface area contributed by atoms with Gasteiger partial charge in [-0.05, 0) is 56.4 Å². The Morgan fingerprint density at radius 1 is 1.16 bits per heavy atom. The molecule has 0 bridgehead atoms. The van der Waals surface area contributed by atoms with Gasteiger partial charge in [0.2, 0.25) is 5.91 Å². The number of rotatable bonds is 9. The quantitative estimate of drug-likeness (QED) is 0.372. The lowest BCUT2D eigenvalue weighted by atomic mass is 9.97. The lowest BCUT2D eigenvalue weighted by Crippen LogP contribution is -2.53. The van der Waals surface area contributed by atoms with Crippen LogP contribution in [0.1, 0.15) is 68.1 Å². The van der Waals surface area contributed by atoms with Crippen molar-refractivity contribution in [2.75, 3.05) is 27.3 Å². The summed E-state index contributed by atoms with van der Waals surface area (Å²) in [6.45, 7) is 0.606. The third-order valence-corrected chi connectivity index (χ3v) is 7.36. The largest absolute Gasteiger partial charge is 0.497 e. The van der Waals surface area contributed by atoms with Crippen LogP contribution in [0.2, 0.25) is 0 Å². The van der Waals surface area contributed by atoms with Gasteiger partial charge in [-0.25, -0.2) is 9.48 Å². The highest BCUT2D eigenvalue weighted by molar-refractivity contribution is 5.88. The Morgan fingerprint density at radius 2 is 1.84 bits per heavy atom. The molecule has 1 aromatic carbocycles. The number of aliphatic hydroxyl groups excluding tert-OH is 1. The lowest BCUT2D eigenvalue weighted by Gasteiger charge is -2.33. The molecule has 0 saturated heterocycles. The minimum Gasteiger partial charge on any atom is -0.497 e. The highest BCUT2D eigenvalue weighted by atomic mass is 19.4. The van der Waals surface area contributed by atoms with E-state index in [-0.39, 0.29) is 36.6 Å². The molecular weight excluding hydrogens is 505 g/mol. The molecule has 2 aromatic rings. The first-order chi connectivity index (χ1) is 18.1. The highest BCUT2D eigenvalue weighted by Crippen LogP contribution is 2.39. The van der Waals surface area contributed by atoms with Crippen LogP contribution in [0, 0.1) is 0 Å². The fourth-order valence-electron chi connectivity index (χ4n) is 5.39. The van der Waals surface area contributed by atoms with Crippen molar-refractivity contribution in [1.82, 2.24) is 20.0 Å². The number of nitrogens with zero attached hydrogens (tertiary/aromatic N) is 3. The summed E-state index contributed by atoms with van der Waals surface area (Å²) < 4.78 is 52.4. The Morgan fingerprint density at radius 3 is 2.45 bits per heavy atom. The Bertz CT molecular complexity index is 1140. The molecule has 38 heavy (non-hydrogen) atoms. The first-order valence-electron chi connectivity index (χ1n) is 12.7. The van der Waals surface area contributed by atoms with Gasteiger partial charge in [-0.15, -0.1) is 0 Å². The van der Waals surface area contributed by atoms with Gasteiger partial charge < -0.3 is 19.9 Å². The summed E-state index contributed by atoms with van der Waals surface area (Å²) in [6, 6.07) is 6.40. The maximum atomic E-state index is 13.8. The van der Waals surface area contributed by atoms with Crippen LogP contribution in [-0.2, 0) is 26.9 Å². The number of hydrogen-bond donors (Lipinski definition) is 2. The molecule has 9 nitrogen and oxygen atoms in total. The van der Waals surface area contributed by atoms with E-state index in [9.17, 15) is 27.9 Å². The Balaban J connectivity index is 1.41. The van der Waals surface area contributed by atoms with Crippen LogP contribution in [0.25, 0.3) is 5.69 Å². The molecule has 1 saturated carbocycles. The van der Waals surface area contributed by atoms with E-state index in [2.05, 4.69) is 10.4 Å². The molecule has 1 aliphatic heterocycles. The molecule has 2 heterocycles. The number of methoxy groups -OCH3 is 2. The van der Waals surface area contributed by atoms with Gasteiger partial charge in [0.05, 0.1) is 25.6 Å². The van der Waals surface area contributed by atoms with E-state index in [1.165, 1.54) is 14.2 Å². The topological polar surface area (TPSA) is 106 Å². The van der Waals surface area contributed by atoms with Gasteiger partial charge in [0.15, 0.2) is 11.9 Å². The summed E-state index contributed by atoms with van der Waals surface area (Å²) in [5, 5.41) is 17.8. The van der Waals surface area contributed by atoms with Gasteiger partial charge in [-0.1, -0.05) is 12.8 Å². The van der Waals surface area contributed by atoms with Gasteiger partial charge in [-0.3, -0.25) is 9.69 Å². The van der Waals surface area contributed by atoms with Gasteiger partial charge in [0.1, 0.15) is 11.3 Å².